The summed E-state index contributed by atoms with van der Waals surface area (Å²) in [5.41, 5.74) is 0.710. The van der Waals surface area contributed by atoms with E-state index in [-0.39, 0.29) is 27.7 Å². The monoisotopic (exact) mass is 555 g/mol. The highest BCUT2D eigenvalue weighted by Crippen LogP contribution is 2.35. The first-order valence-electron chi connectivity index (χ1n) is 11.3. The fraction of sp³-hybridized carbons (Fsp3) is 0.148. The lowest BCUT2D eigenvalue weighted by Crippen LogP contribution is -2.33. The molecule has 0 aliphatic carbocycles. The second-order valence-electron chi connectivity index (χ2n) is 8.15. The maximum atomic E-state index is 13.6. The molecule has 0 spiro atoms. The van der Waals surface area contributed by atoms with Crippen molar-refractivity contribution in [1.82, 2.24) is 0 Å². The van der Waals surface area contributed by atoms with Crippen LogP contribution in [-0.2, 0) is 35.1 Å². The van der Waals surface area contributed by atoms with Gasteiger partial charge in [0.1, 0.15) is 11.5 Å². The largest absolute Gasteiger partial charge is 0.497 e. The van der Waals surface area contributed by atoms with Gasteiger partial charge < -0.3 is 14.2 Å². The van der Waals surface area contributed by atoms with Gasteiger partial charge in [0.2, 0.25) is 0 Å². The summed E-state index contributed by atoms with van der Waals surface area (Å²) in [7, 11) is -4.94. The van der Waals surface area contributed by atoms with Crippen LogP contribution in [0, 0.1) is 0 Å². The number of hydrogen-bond donors (Lipinski definition) is 0. The Bertz CT molecular complexity index is 1650. The molecule has 0 radical (unpaired) electrons. The van der Waals surface area contributed by atoms with Crippen LogP contribution in [0.3, 0.4) is 0 Å². The van der Waals surface area contributed by atoms with Gasteiger partial charge in [0.25, 0.3) is 16.5 Å². The molecule has 0 heterocycles. The number of sulfone groups is 1. The Hall–Kier alpha value is -4.09. The van der Waals surface area contributed by atoms with Crippen molar-refractivity contribution in [2.24, 2.45) is 0 Å². The Kier molecular flexibility index (Phi) is 7.88. The molecule has 198 valence electrons. The minimum absolute atomic E-state index is 0.0389. The zero-order valence-corrected chi connectivity index (χ0v) is 22.2. The molecule has 11 heteroatoms. The molecule has 0 fully saturated rings. The molecular weight excluding hydrogens is 530 g/mol. The topological polar surface area (TPSA) is 116 Å². The maximum absolute atomic E-state index is 13.6. The zero-order valence-electron chi connectivity index (χ0n) is 20.6. The van der Waals surface area contributed by atoms with Crippen molar-refractivity contribution in [3.8, 4) is 11.5 Å². The molecule has 0 atom stereocenters. The van der Waals surface area contributed by atoms with Crippen LogP contribution in [0.25, 0.3) is 10.8 Å². The fourth-order valence-corrected chi connectivity index (χ4v) is 6.73. The predicted octanol–water partition coefficient (Wildman–Crippen LogP) is 4.16. The van der Waals surface area contributed by atoms with E-state index in [1.165, 1.54) is 56.7 Å². The lowest BCUT2D eigenvalue weighted by Gasteiger charge is -2.25. The summed E-state index contributed by atoms with van der Waals surface area (Å²) in [6, 6.07) is 21.8. The quantitative estimate of drug-likeness (QED) is 0.200. The van der Waals surface area contributed by atoms with E-state index in [0.717, 1.165) is 4.31 Å². The van der Waals surface area contributed by atoms with E-state index in [9.17, 15) is 21.6 Å². The van der Waals surface area contributed by atoms with Crippen LogP contribution in [0.1, 0.15) is 5.56 Å². The van der Waals surface area contributed by atoms with E-state index < -0.39 is 26.6 Å². The van der Waals surface area contributed by atoms with Crippen LogP contribution in [0.4, 0.5) is 5.69 Å². The maximum Gasteiger partial charge on any atom is 0.294 e. The Labute approximate surface area is 221 Å². The van der Waals surface area contributed by atoms with E-state index in [2.05, 4.69) is 0 Å². The normalized spacial score (nSPS) is 11.6. The highest BCUT2D eigenvalue weighted by atomic mass is 32.2. The number of hydrogen-bond acceptors (Lipinski definition) is 8. The van der Waals surface area contributed by atoms with Crippen molar-refractivity contribution >= 4 is 42.8 Å². The summed E-state index contributed by atoms with van der Waals surface area (Å²) < 4.78 is 69.7. The lowest BCUT2D eigenvalue weighted by atomic mass is 10.0. The Morgan fingerprint density at radius 3 is 1.82 bits per heavy atom. The first kappa shape index (κ1) is 27.0. The van der Waals surface area contributed by atoms with Gasteiger partial charge in [-0.1, -0.05) is 30.3 Å². The third-order valence-corrected chi connectivity index (χ3v) is 9.36. The van der Waals surface area contributed by atoms with Crippen LogP contribution >= 0.6 is 0 Å². The number of nitrogens with zero attached hydrogens (tertiary/aromatic N) is 1. The first-order valence-corrected chi connectivity index (χ1v) is 14.4. The van der Waals surface area contributed by atoms with Crippen molar-refractivity contribution in [3.63, 3.8) is 0 Å². The smallest absolute Gasteiger partial charge is 0.294 e. The summed E-state index contributed by atoms with van der Waals surface area (Å²) in [4.78, 5) is 11.1. The van der Waals surface area contributed by atoms with Gasteiger partial charge in [0, 0.05) is 5.39 Å². The summed E-state index contributed by atoms with van der Waals surface area (Å²) in [5, 5.41) is 1.02. The van der Waals surface area contributed by atoms with Crippen LogP contribution in [0.2, 0.25) is 0 Å². The molecule has 0 aromatic heterocycles. The van der Waals surface area contributed by atoms with Gasteiger partial charge in [-0.15, -0.1) is 0 Å². The van der Waals surface area contributed by atoms with Crippen molar-refractivity contribution < 1.29 is 35.8 Å². The number of carbonyl (C=O) groups is 1. The van der Waals surface area contributed by atoms with Crippen LogP contribution in [-0.4, -0.2) is 44.3 Å². The second-order valence-corrected chi connectivity index (χ2v) is 12.0. The van der Waals surface area contributed by atoms with Gasteiger partial charge in [-0.05, 0) is 65.5 Å². The Balaban J connectivity index is 1.79. The number of anilines is 1. The molecule has 0 unspecified atom stereocenters. The lowest BCUT2D eigenvalue weighted by molar-refractivity contribution is -0.128. The molecule has 9 nitrogen and oxygen atoms in total. The molecule has 0 bridgehead atoms. The van der Waals surface area contributed by atoms with E-state index in [1.54, 1.807) is 42.5 Å². The molecule has 0 aliphatic rings. The van der Waals surface area contributed by atoms with Crippen LogP contribution in [0.15, 0.2) is 94.7 Å². The number of fused-ring (bicyclic) bond motifs is 1. The average Bonchev–Trinajstić information content (AvgIpc) is 2.94. The van der Waals surface area contributed by atoms with Gasteiger partial charge in [0.15, 0.2) is 16.6 Å². The SMILES string of the molecule is COc1ccc(S(=O)(=O)Cc2ccc(N(COC=O)S(=O)(=O)c3ccc(OC)cc3)c3ccccc23)cc1. The number of ether oxygens (including phenoxy) is 3. The molecule has 0 aliphatic heterocycles. The fourth-order valence-electron chi connectivity index (χ4n) is 4.00. The van der Waals surface area contributed by atoms with Gasteiger partial charge in [-0.3, -0.25) is 4.79 Å². The molecule has 0 amide bonds. The van der Waals surface area contributed by atoms with Crippen LogP contribution in [0.5, 0.6) is 11.5 Å². The number of sulfonamides is 1. The third-order valence-electron chi connectivity index (χ3n) is 5.93. The highest BCUT2D eigenvalue weighted by Gasteiger charge is 2.28. The van der Waals surface area contributed by atoms with E-state index in [4.69, 9.17) is 14.2 Å². The van der Waals surface area contributed by atoms with Crippen molar-refractivity contribution in [3.05, 3.63) is 90.5 Å². The van der Waals surface area contributed by atoms with E-state index in [1.807, 2.05) is 0 Å². The van der Waals surface area contributed by atoms with Crippen molar-refractivity contribution in [2.45, 2.75) is 15.5 Å². The van der Waals surface area contributed by atoms with Gasteiger partial charge in [0.05, 0.1) is 35.5 Å². The summed E-state index contributed by atoms with van der Waals surface area (Å²) in [5.74, 6) is 0.706. The minimum Gasteiger partial charge on any atom is -0.497 e. The zero-order chi connectivity index (χ0) is 27.3. The standard InChI is InChI=1S/C27H25NO8S2/c1-34-21-8-12-23(13-9-21)37(30,31)17-20-7-16-27(26-6-4-3-5-25(20)26)28(18-36-19-29)38(32,33)24-14-10-22(35-2)11-15-24/h3-16,19H,17-18H2,1-2H3. The highest BCUT2D eigenvalue weighted by molar-refractivity contribution is 7.92. The first-order chi connectivity index (χ1) is 18.2. The Morgan fingerprint density at radius 2 is 1.26 bits per heavy atom. The van der Waals surface area contributed by atoms with Gasteiger partial charge in [-0.25, -0.2) is 21.1 Å². The van der Waals surface area contributed by atoms with Gasteiger partial charge >= 0.3 is 0 Å². The molecule has 4 aromatic rings. The van der Waals surface area contributed by atoms with E-state index in [0.29, 0.717) is 27.8 Å². The molecule has 0 saturated carbocycles. The van der Waals surface area contributed by atoms with Gasteiger partial charge in [-0.2, -0.15) is 0 Å². The number of methoxy groups -OCH3 is 2. The molecular formula is C27H25NO8S2. The molecule has 38 heavy (non-hydrogen) atoms. The number of benzene rings is 4. The summed E-state index contributed by atoms with van der Waals surface area (Å²) in [6.45, 7) is -0.417. The molecule has 4 aromatic carbocycles. The third kappa shape index (κ3) is 5.43. The number of rotatable bonds is 11. The molecule has 0 N–H and O–H groups in total. The van der Waals surface area contributed by atoms with Crippen molar-refractivity contribution in [2.75, 3.05) is 25.3 Å². The second kappa shape index (κ2) is 11.1. The van der Waals surface area contributed by atoms with Crippen LogP contribution < -0.4 is 13.8 Å². The molecule has 4 rings (SSSR count). The minimum atomic E-state index is -4.18. The summed E-state index contributed by atoms with van der Waals surface area (Å²) in [6.07, 6.45) is 0. The predicted molar refractivity (Wildman–Crippen MR) is 143 cm³/mol. The molecule has 0 saturated heterocycles. The van der Waals surface area contributed by atoms with E-state index >= 15 is 0 Å². The summed E-state index contributed by atoms with van der Waals surface area (Å²) >= 11 is 0. The number of carbonyl (C=O) groups excluding carboxylic acids is 1. The van der Waals surface area contributed by atoms with Crippen molar-refractivity contribution in [1.29, 1.82) is 0 Å². The average molecular weight is 556 g/mol. The Morgan fingerprint density at radius 1 is 0.711 bits per heavy atom.